The van der Waals surface area contributed by atoms with Gasteiger partial charge in [0.1, 0.15) is 12.4 Å². The molecule has 0 spiro atoms. The molecule has 2 aromatic carbocycles. The molecule has 0 aliphatic heterocycles. The van der Waals surface area contributed by atoms with E-state index in [9.17, 15) is 9.59 Å². The van der Waals surface area contributed by atoms with Gasteiger partial charge < -0.3 is 9.72 Å². The second-order valence-electron chi connectivity index (χ2n) is 8.53. The van der Waals surface area contributed by atoms with E-state index in [0.29, 0.717) is 23.1 Å². The molecular weight excluding hydrogens is 364 g/mol. The van der Waals surface area contributed by atoms with Crippen LogP contribution in [-0.2, 0) is 28.0 Å². The van der Waals surface area contributed by atoms with E-state index in [1.807, 2.05) is 6.07 Å². The predicted octanol–water partition coefficient (Wildman–Crippen LogP) is 4.51. The molecule has 0 saturated heterocycles. The van der Waals surface area contributed by atoms with E-state index < -0.39 is 0 Å². The molecule has 5 nitrogen and oxygen atoms in total. The van der Waals surface area contributed by atoms with Gasteiger partial charge in [-0.15, -0.1) is 0 Å². The Kier molecular flexibility index (Phi) is 5.87. The first-order valence-corrected chi connectivity index (χ1v) is 9.89. The fourth-order valence-corrected chi connectivity index (χ4v) is 3.35. The first kappa shape index (κ1) is 20.8. The molecule has 1 N–H and O–H groups in total. The molecule has 29 heavy (non-hydrogen) atoms. The summed E-state index contributed by atoms with van der Waals surface area (Å²) < 4.78 is 5.50. The monoisotopic (exact) mass is 392 g/mol. The van der Waals surface area contributed by atoms with Crippen LogP contribution >= 0.6 is 0 Å². The van der Waals surface area contributed by atoms with Crippen LogP contribution in [0.3, 0.4) is 0 Å². The summed E-state index contributed by atoms with van der Waals surface area (Å²) in [5.41, 5.74) is 5.09. The number of aromatic nitrogens is 2. The molecule has 0 aliphatic carbocycles. The minimum atomic E-state index is -0.306. The Hall–Kier alpha value is -2.95. The molecule has 0 bridgehead atoms. The summed E-state index contributed by atoms with van der Waals surface area (Å²) in [4.78, 5) is 31.5. The van der Waals surface area contributed by atoms with Crippen molar-refractivity contribution in [1.82, 2.24) is 9.97 Å². The number of para-hydroxylation sites is 1. The van der Waals surface area contributed by atoms with Crippen LogP contribution in [0.2, 0.25) is 0 Å². The van der Waals surface area contributed by atoms with Crippen molar-refractivity contribution in [3.8, 4) is 0 Å². The topological polar surface area (TPSA) is 72.0 Å². The fourth-order valence-electron chi connectivity index (χ4n) is 3.35. The zero-order valence-corrected chi connectivity index (χ0v) is 17.8. The molecule has 3 aromatic rings. The standard InChI is InChI=1S/C24H28N2O3/c1-15-12-17(24(3,4)5)13-16(2)19(15)14-29-22(27)11-10-21-25-20-9-7-6-8-18(20)23(28)26-21/h6-9,12-13H,10-11,14H2,1-5H3,(H,25,26,28). The minimum absolute atomic E-state index is 0.0779. The molecule has 152 valence electrons. The molecular formula is C24H28N2O3. The number of benzene rings is 2. The number of nitrogens with zero attached hydrogens (tertiary/aromatic N) is 1. The number of esters is 1. The number of nitrogens with one attached hydrogen (secondary N) is 1. The molecule has 1 aromatic heterocycles. The van der Waals surface area contributed by atoms with E-state index in [1.165, 1.54) is 5.56 Å². The highest BCUT2D eigenvalue weighted by Crippen LogP contribution is 2.27. The van der Waals surface area contributed by atoms with Crippen LogP contribution in [0.25, 0.3) is 10.9 Å². The van der Waals surface area contributed by atoms with Gasteiger partial charge >= 0.3 is 5.97 Å². The van der Waals surface area contributed by atoms with Crippen LogP contribution in [0.1, 0.15) is 55.3 Å². The van der Waals surface area contributed by atoms with Gasteiger partial charge in [0.25, 0.3) is 5.56 Å². The van der Waals surface area contributed by atoms with Gasteiger partial charge in [0.15, 0.2) is 0 Å². The molecule has 0 aliphatic rings. The summed E-state index contributed by atoms with van der Waals surface area (Å²) in [6.07, 6.45) is 0.499. The smallest absolute Gasteiger partial charge is 0.306 e. The normalized spacial score (nSPS) is 11.6. The molecule has 5 heteroatoms. The van der Waals surface area contributed by atoms with Crippen molar-refractivity contribution in [2.24, 2.45) is 0 Å². The maximum absolute atomic E-state index is 12.2. The van der Waals surface area contributed by atoms with Gasteiger partial charge in [-0.25, -0.2) is 4.98 Å². The summed E-state index contributed by atoms with van der Waals surface area (Å²) in [7, 11) is 0. The molecule has 0 amide bonds. The van der Waals surface area contributed by atoms with Crippen molar-refractivity contribution < 1.29 is 9.53 Å². The lowest BCUT2D eigenvalue weighted by Gasteiger charge is -2.22. The summed E-state index contributed by atoms with van der Waals surface area (Å²) in [5.74, 6) is 0.187. The Morgan fingerprint density at radius 3 is 2.41 bits per heavy atom. The molecule has 3 rings (SSSR count). The zero-order valence-electron chi connectivity index (χ0n) is 17.8. The molecule has 0 radical (unpaired) electrons. The summed E-state index contributed by atoms with van der Waals surface area (Å²) in [6.45, 7) is 10.9. The van der Waals surface area contributed by atoms with Crippen molar-refractivity contribution in [3.05, 3.63) is 74.8 Å². The molecule has 1 heterocycles. The minimum Gasteiger partial charge on any atom is -0.461 e. The molecule has 0 saturated carbocycles. The second kappa shape index (κ2) is 8.19. The third-order valence-electron chi connectivity index (χ3n) is 5.17. The maximum Gasteiger partial charge on any atom is 0.306 e. The van der Waals surface area contributed by atoms with Crippen molar-refractivity contribution in [2.75, 3.05) is 0 Å². The Morgan fingerprint density at radius 1 is 1.10 bits per heavy atom. The lowest BCUT2D eigenvalue weighted by Crippen LogP contribution is -2.15. The number of aryl methyl sites for hydroxylation is 3. The summed E-state index contributed by atoms with van der Waals surface area (Å²) >= 11 is 0. The number of carbonyl (C=O) groups is 1. The third kappa shape index (κ3) is 4.91. The summed E-state index contributed by atoms with van der Waals surface area (Å²) in [6, 6.07) is 11.5. The first-order chi connectivity index (χ1) is 13.6. The van der Waals surface area contributed by atoms with Crippen LogP contribution in [-0.4, -0.2) is 15.9 Å². The number of aromatic amines is 1. The number of hydrogen-bond acceptors (Lipinski definition) is 4. The SMILES string of the molecule is Cc1cc(C(C)(C)C)cc(C)c1COC(=O)CCc1nc2ccccc2c(=O)[nH]1. The van der Waals surface area contributed by atoms with Crippen LogP contribution in [0.4, 0.5) is 0 Å². The van der Waals surface area contributed by atoms with E-state index in [0.717, 1.165) is 16.7 Å². The van der Waals surface area contributed by atoms with Crippen LogP contribution < -0.4 is 5.56 Å². The highest BCUT2D eigenvalue weighted by Gasteiger charge is 2.17. The number of carbonyl (C=O) groups excluding carboxylic acids is 1. The average Bonchev–Trinajstić information content (AvgIpc) is 2.65. The van der Waals surface area contributed by atoms with Crippen molar-refractivity contribution >= 4 is 16.9 Å². The van der Waals surface area contributed by atoms with E-state index in [1.54, 1.807) is 18.2 Å². The second-order valence-corrected chi connectivity index (χ2v) is 8.53. The van der Waals surface area contributed by atoms with Gasteiger partial charge in [-0.2, -0.15) is 0 Å². The van der Waals surface area contributed by atoms with Crippen LogP contribution in [0, 0.1) is 13.8 Å². The van der Waals surface area contributed by atoms with E-state index in [-0.39, 0.29) is 30.0 Å². The van der Waals surface area contributed by atoms with Gasteiger partial charge in [-0.3, -0.25) is 9.59 Å². The van der Waals surface area contributed by atoms with Crippen LogP contribution in [0.15, 0.2) is 41.2 Å². The summed E-state index contributed by atoms with van der Waals surface area (Å²) in [5, 5.41) is 0.545. The van der Waals surface area contributed by atoms with Gasteiger partial charge in [0.2, 0.25) is 0 Å². The molecule has 0 atom stereocenters. The van der Waals surface area contributed by atoms with Crippen molar-refractivity contribution in [3.63, 3.8) is 0 Å². The van der Waals surface area contributed by atoms with E-state index in [2.05, 4.69) is 56.7 Å². The van der Waals surface area contributed by atoms with Crippen molar-refractivity contribution in [2.45, 2.75) is 59.5 Å². The van der Waals surface area contributed by atoms with Crippen LogP contribution in [0.5, 0.6) is 0 Å². The zero-order chi connectivity index (χ0) is 21.2. The van der Waals surface area contributed by atoms with Gasteiger partial charge in [0, 0.05) is 6.42 Å². The first-order valence-electron chi connectivity index (χ1n) is 9.89. The van der Waals surface area contributed by atoms with Gasteiger partial charge in [-0.05, 0) is 53.6 Å². The Bertz CT molecular complexity index is 1080. The highest BCUT2D eigenvalue weighted by atomic mass is 16.5. The fraction of sp³-hybridized carbons (Fsp3) is 0.375. The highest BCUT2D eigenvalue weighted by molar-refractivity contribution is 5.77. The number of H-pyrrole nitrogens is 1. The van der Waals surface area contributed by atoms with E-state index in [4.69, 9.17) is 4.74 Å². The number of ether oxygens (including phenoxy) is 1. The maximum atomic E-state index is 12.2. The van der Waals surface area contributed by atoms with Gasteiger partial charge in [-0.1, -0.05) is 45.0 Å². The lowest BCUT2D eigenvalue weighted by atomic mass is 9.84. The van der Waals surface area contributed by atoms with E-state index >= 15 is 0 Å². The predicted molar refractivity (Wildman–Crippen MR) is 115 cm³/mol. The number of rotatable bonds is 5. The average molecular weight is 392 g/mol. The third-order valence-corrected chi connectivity index (χ3v) is 5.17. The quantitative estimate of drug-likeness (QED) is 0.648. The number of hydrogen-bond donors (Lipinski definition) is 1. The van der Waals surface area contributed by atoms with Gasteiger partial charge in [0.05, 0.1) is 17.3 Å². The van der Waals surface area contributed by atoms with Crippen molar-refractivity contribution in [1.29, 1.82) is 0 Å². The lowest BCUT2D eigenvalue weighted by molar-refractivity contribution is -0.144. The Morgan fingerprint density at radius 2 is 1.76 bits per heavy atom. The Labute approximate surface area is 171 Å². The number of fused-ring (bicyclic) bond motifs is 1. The largest absolute Gasteiger partial charge is 0.461 e. The molecule has 0 unspecified atom stereocenters. The molecule has 0 fully saturated rings. The Balaban J connectivity index is 1.63.